The lowest BCUT2D eigenvalue weighted by molar-refractivity contribution is 0.253. The first-order valence-electron chi connectivity index (χ1n) is 12.1. The topological polar surface area (TPSA) is 51.9 Å². The third-order valence-corrected chi connectivity index (χ3v) is 6.82. The number of aromatic nitrogens is 2. The Labute approximate surface area is 193 Å². The minimum absolute atomic E-state index is 0.556. The number of nitrogens with zero attached hydrogens (tertiary/aromatic N) is 6. The standard InChI is InChI=1S/C25H39N7/c1-21-7-6-8-24(17-21)31-15-13-30(14-16-31)11-5-4-10-27-25(26-2)32-12-9-22(20-32)23-18-28-29(3)19-23/h6-8,17-19,22H,4-5,9-16,20H2,1-3H3,(H,26,27). The molecular formula is C25H39N7. The van der Waals surface area contributed by atoms with E-state index >= 15 is 0 Å². The van der Waals surface area contributed by atoms with E-state index in [1.807, 2.05) is 25.0 Å². The second-order valence-corrected chi connectivity index (χ2v) is 9.23. The summed E-state index contributed by atoms with van der Waals surface area (Å²) in [5.74, 6) is 1.60. The van der Waals surface area contributed by atoms with Gasteiger partial charge < -0.3 is 15.1 Å². The van der Waals surface area contributed by atoms with E-state index in [0.29, 0.717) is 5.92 Å². The summed E-state index contributed by atoms with van der Waals surface area (Å²) in [6.07, 6.45) is 7.72. The first-order chi connectivity index (χ1) is 15.6. The van der Waals surface area contributed by atoms with Crippen molar-refractivity contribution in [2.45, 2.75) is 32.1 Å². The number of likely N-dealkylation sites (tertiary alicyclic amines) is 1. The molecule has 1 atom stereocenters. The fourth-order valence-corrected chi connectivity index (χ4v) is 4.92. The monoisotopic (exact) mass is 437 g/mol. The van der Waals surface area contributed by atoms with E-state index in [1.54, 1.807) is 0 Å². The van der Waals surface area contributed by atoms with E-state index in [9.17, 15) is 0 Å². The first-order valence-corrected chi connectivity index (χ1v) is 12.1. The number of unbranched alkanes of at least 4 members (excludes halogenated alkanes) is 1. The molecule has 0 radical (unpaired) electrons. The molecule has 0 spiro atoms. The smallest absolute Gasteiger partial charge is 0.193 e. The van der Waals surface area contributed by atoms with Crippen LogP contribution in [0.2, 0.25) is 0 Å². The maximum atomic E-state index is 4.53. The number of benzene rings is 1. The van der Waals surface area contributed by atoms with Gasteiger partial charge in [0.1, 0.15) is 0 Å². The van der Waals surface area contributed by atoms with Crippen molar-refractivity contribution in [3.8, 4) is 0 Å². The van der Waals surface area contributed by atoms with Crippen LogP contribution in [0.3, 0.4) is 0 Å². The van der Waals surface area contributed by atoms with Crippen molar-refractivity contribution in [1.82, 2.24) is 24.9 Å². The molecule has 1 unspecified atom stereocenters. The van der Waals surface area contributed by atoms with Gasteiger partial charge in [0, 0.05) is 77.7 Å². The summed E-state index contributed by atoms with van der Waals surface area (Å²) in [7, 11) is 3.88. The van der Waals surface area contributed by atoms with Gasteiger partial charge >= 0.3 is 0 Å². The molecular weight excluding hydrogens is 398 g/mol. The minimum Gasteiger partial charge on any atom is -0.369 e. The Balaban J connectivity index is 1.11. The van der Waals surface area contributed by atoms with Gasteiger partial charge in [-0.15, -0.1) is 0 Å². The molecule has 2 aromatic rings. The van der Waals surface area contributed by atoms with E-state index < -0.39 is 0 Å². The largest absolute Gasteiger partial charge is 0.369 e. The Bertz CT molecular complexity index is 882. The van der Waals surface area contributed by atoms with E-state index in [0.717, 1.165) is 51.8 Å². The molecule has 174 valence electrons. The van der Waals surface area contributed by atoms with Crippen LogP contribution in [0.4, 0.5) is 5.69 Å². The summed E-state index contributed by atoms with van der Waals surface area (Å²) in [6, 6.07) is 8.87. The highest BCUT2D eigenvalue weighted by Crippen LogP contribution is 2.26. The van der Waals surface area contributed by atoms with E-state index in [1.165, 1.54) is 42.6 Å². The van der Waals surface area contributed by atoms with Crippen LogP contribution in [-0.2, 0) is 7.05 Å². The first kappa shape index (κ1) is 22.6. The number of hydrogen-bond acceptors (Lipinski definition) is 4. The second-order valence-electron chi connectivity index (χ2n) is 9.23. The molecule has 2 aliphatic rings. The third kappa shape index (κ3) is 5.82. The normalized spacial score (nSPS) is 20.2. The number of anilines is 1. The predicted octanol–water partition coefficient (Wildman–Crippen LogP) is 2.70. The average molecular weight is 438 g/mol. The van der Waals surface area contributed by atoms with Gasteiger partial charge in [-0.25, -0.2) is 0 Å². The molecule has 7 nitrogen and oxygen atoms in total. The number of nitrogens with one attached hydrogen (secondary N) is 1. The van der Waals surface area contributed by atoms with Crippen molar-refractivity contribution < 1.29 is 0 Å². The molecule has 3 heterocycles. The highest BCUT2D eigenvalue weighted by molar-refractivity contribution is 5.80. The van der Waals surface area contributed by atoms with Crippen molar-refractivity contribution in [3.05, 3.63) is 47.8 Å². The van der Waals surface area contributed by atoms with Gasteiger partial charge in [0.2, 0.25) is 0 Å². The zero-order chi connectivity index (χ0) is 22.3. The molecule has 32 heavy (non-hydrogen) atoms. The van der Waals surface area contributed by atoms with Gasteiger partial charge in [0.05, 0.1) is 6.20 Å². The molecule has 0 aliphatic carbocycles. The Morgan fingerprint density at radius 2 is 2.00 bits per heavy atom. The average Bonchev–Trinajstić information content (AvgIpc) is 3.46. The second kappa shape index (κ2) is 10.9. The van der Waals surface area contributed by atoms with Crippen molar-refractivity contribution in [1.29, 1.82) is 0 Å². The molecule has 0 amide bonds. The molecule has 0 bridgehead atoms. The van der Waals surface area contributed by atoms with Gasteiger partial charge in [-0.1, -0.05) is 12.1 Å². The highest BCUT2D eigenvalue weighted by atomic mass is 15.3. The lowest BCUT2D eigenvalue weighted by Crippen LogP contribution is -2.46. The van der Waals surface area contributed by atoms with Crippen LogP contribution < -0.4 is 10.2 Å². The molecule has 2 saturated heterocycles. The Hall–Kier alpha value is -2.54. The van der Waals surface area contributed by atoms with Crippen LogP contribution in [0, 0.1) is 6.92 Å². The maximum Gasteiger partial charge on any atom is 0.193 e. The highest BCUT2D eigenvalue weighted by Gasteiger charge is 2.26. The SMILES string of the molecule is CN=C(NCCCCN1CCN(c2cccc(C)c2)CC1)N1CCC(c2cnn(C)c2)C1. The van der Waals surface area contributed by atoms with Gasteiger partial charge in [0.15, 0.2) is 5.96 Å². The lowest BCUT2D eigenvalue weighted by atomic mass is 10.0. The molecule has 2 fully saturated rings. The number of piperazine rings is 1. The van der Waals surface area contributed by atoms with E-state index in [4.69, 9.17) is 0 Å². The van der Waals surface area contributed by atoms with Gasteiger partial charge in [-0.2, -0.15) is 5.10 Å². The van der Waals surface area contributed by atoms with Crippen LogP contribution in [-0.4, -0.2) is 84.9 Å². The Kier molecular flexibility index (Phi) is 7.68. The van der Waals surface area contributed by atoms with E-state index in [-0.39, 0.29) is 0 Å². The van der Waals surface area contributed by atoms with Gasteiger partial charge in [-0.3, -0.25) is 14.6 Å². The van der Waals surface area contributed by atoms with Crippen LogP contribution in [0.15, 0.2) is 41.7 Å². The summed E-state index contributed by atoms with van der Waals surface area (Å²) in [6.45, 7) is 11.0. The van der Waals surface area contributed by atoms with Crippen LogP contribution >= 0.6 is 0 Å². The summed E-state index contributed by atoms with van der Waals surface area (Å²) >= 11 is 0. The minimum atomic E-state index is 0.556. The predicted molar refractivity (Wildman–Crippen MR) is 133 cm³/mol. The Morgan fingerprint density at radius 3 is 2.72 bits per heavy atom. The fourth-order valence-electron chi connectivity index (χ4n) is 4.92. The summed E-state index contributed by atoms with van der Waals surface area (Å²) in [5.41, 5.74) is 4.05. The molecule has 2 aliphatic heterocycles. The van der Waals surface area contributed by atoms with Crippen LogP contribution in [0.1, 0.15) is 36.3 Å². The molecule has 1 aromatic heterocycles. The summed E-state index contributed by atoms with van der Waals surface area (Å²) in [4.78, 5) is 12.0. The maximum absolute atomic E-state index is 4.53. The number of aryl methyl sites for hydroxylation is 2. The molecule has 0 saturated carbocycles. The van der Waals surface area contributed by atoms with E-state index in [2.05, 4.69) is 67.5 Å². The number of rotatable bonds is 7. The number of aliphatic imine (C=N–C) groups is 1. The molecule has 1 aromatic carbocycles. The molecule has 7 heteroatoms. The zero-order valence-electron chi connectivity index (χ0n) is 20.0. The quantitative estimate of drug-likeness (QED) is 0.410. The van der Waals surface area contributed by atoms with Crippen LogP contribution in [0.25, 0.3) is 0 Å². The summed E-state index contributed by atoms with van der Waals surface area (Å²) in [5, 5.41) is 7.92. The van der Waals surface area contributed by atoms with Gasteiger partial charge in [-0.05, 0) is 56.0 Å². The van der Waals surface area contributed by atoms with Crippen molar-refractivity contribution in [3.63, 3.8) is 0 Å². The van der Waals surface area contributed by atoms with Crippen molar-refractivity contribution >= 4 is 11.6 Å². The van der Waals surface area contributed by atoms with Gasteiger partial charge in [0.25, 0.3) is 0 Å². The van der Waals surface area contributed by atoms with Crippen molar-refractivity contribution in [2.75, 3.05) is 64.3 Å². The van der Waals surface area contributed by atoms with Crippen molar-refractivity contribution in [2.24, 2.45) is 12.0 Å². The number of hydrogen-bond donors (Lipinski definition) is 1. The number of guanidine groups is 1. The third-order valence-electron chi connectivity index (χ3n) is 6.82. The lowest BCUT2D eigenvalue weighted by Gasteiger charge is -2.36. The Morgan fingerprint density at radius 1 is 1.16 bits per heavy atom. The van der Waals surface area contributed by atoms with Crippen LogP contribution in [0.5, 0.6) is 0 Å². The molecule has 4 rings (SSSR count). The summed E-state index contributed by atoms with van der Waals surface area (Å²) < 4.78 is 1.90. The fraction of sp³-hybridized carbons (Fsp3) is 0.600. The molecule has 1 N–H and O–H groups in total. The zero-order valence-corrected chi connectivity index (χ0v) is 20.0.